The van der Waals surface area contributed by atoms with E-state index in [4.69, 9.17) is 25.8 Å². The Bertz CT molecular complexity index is 888. The normalized spacial score (nSPS) is 10.7. The number of halogens is 1. The number of benzene rings is 2. The van der Waals surface area contributed by atoms with Gasteiger partial charge in [-0.15, -0.1) is 0 Å². The second kappa shape index (κ2) is 8.79. The van der Waals surface area contributed by atoms with E-state index in [2.05, 4.69) is 5.32 Å². The number of hydrogen-bond acceptors (Lipinski definition) is 5. The average molecular weight is 373 g/mol. The van der Waals surface area contributed by atoms with Crippen LogP contribution < -0.4 is 19.5 Å². The molecule has 0 aromatic heterocycles. The van der Waals surface area contributed by atoms with Crippen molar-refractivity contribution in [1.82, 2.24) is 0 Å². The third kappa shape index (κ3) is 4.26. The number of anilines is 1. The fraction of sp³-hybridized carbons (Fsp3) is 0.158. The van der Waals surface area contributed by atoms with E-state index in [1.54, 1.807) is 36.4 Å². The van der Waals surface area contributed by atoms with E-state index < -0.39 is 5.91 Å². The highest BCUT2D eigenvalue weighted by molar-refractivity contribution is 6.32. The Labute approximate surface area is 156 Å². The van der Waals surface area contributed by atoms with Gasteiger partial charge in [-0.1, -0.05) is 23.7 Å². The molecule has 0 heterocycles. The van der Waals surface area contributed by atoms with Crippen LogP contribution in [0.25, 0.3) is 6.08 Å². The number of carbonyl (C=O) groups is 1. The van der Waals surface area contributed by atoms with Gasteiger partial charge >= 0.3 is 0 Å². The van der Waals surface area contributed by atoms with Gasteiger partial charge in [-0.2, -0.15) is 5.26 Å². The van der Waals surface area contributed by atoms with Gasteiger partial charge in [0.15, 0.2) is 11.5 Å². The molecule has 2 aromatic rings. The van der Waals surface area contributed by atoms with Crippen molar-refractivity contribution in [1.29, 1.82) is 5.26 Å². The average Bonchev–Trinajstić information content (AvgIpc) is 2.65. The molecule has 7 heteroatoms. The first-order chi connectivity index (χ1) is 12.5. The summed E-state index contributed by atoms with van der Waals surface area (Å²) in [7, 11) is 4.49. The molecule has 0 bridgehead atoms. The highest BCUT2D eigenvalue weighted by Gasteiger charge is 2.14. The molecule has 6 nitrogen and oxygen atoms in total. The SMILES string of the molecule is COc1ccc(NC(=O)/C(C#N)=C/c2cccc(OC)c2OC)cc1Cl. The van der Waals surface area contributed by atoms with Gasteiger partial charge in [0, 0.05) is 11.3 Å². The Morgan fingerprint density at radius 3 is 2.42 bits per heavy atom. The molecule has 134 valence electrons. The minimum atomic E-state index is -0.571. The van der Waals surface area contributed by atoms with Crippen LogP contribution in [0.1, 0.15) is 5.56 Å². The van der Waals surface area contributed by atoms with Crippen molar-refractivity contribution in [2.24, 2.45) is 0 Å². The fourth-order valence-corrected chi connectivity index (χ4v) is 2.53. The number of nitriles is 1. The van der Waals surface area contributed by atoms with E-state index in [9.17, 15) is 10.1 Å². The highest BCUT2D eigenvalue weighted by atomic mass is 35.5. The summed E-state index contributed by atoms with van der Waals surface area (Å²) in [5.74, 6) is 0.851. The fourth-order valence-electron chi connectivity index (χ4n) is 2.27. The van der Waals surface area contributed by atoms with E-state index in [0.717, 1.165) is 0 Å². The number of para-hydroxylation sites is 1. The summed E-state index contributed by atoms with van der Waals surface area (Å²) in [5, 5.41) is 12.3. The van der Waals surface area contributed by atoms with Crippen molar-refractivity contribution < 1.29 is 19.0 Å². The number of methoxy groups -OCH3 is 3. The first kappa shape index (κ1) is 19.2. The number of carbonyl (C=O) groups excluding carboxylic acids is 1. The van der Waals surface area contributed by atoms with Crippen molar-refractivity contribution in [3.05, 3.63) is 52.6 Å². The maximum Gasteiger partial charge on any atom is 0.266 e. The lowest BCUT2D eigenvalue weighted by Gasteiger charge is -2.11. The standard InChI is InChI=1S/C19H17ClN2O4/c1-24-16-8-7-14(10-15(16)20)22-19(23)13(11-21)9-12-5-4-6-17(25-2)18(12)26-3/h4-10H,1-3H3,(H,22,23)/b13-9+. The molecule has 0 aliphatic heterocycles. The molecule has 2 aromatic carbocycles. The highest BCUT2D eigenvalue weighted by Crippen LogP contribution is 2.32. The van der Waals surface area contributed by atoms with E-state index in [0.29, 0.717) is 33.5 Å². The number of rotatable bonds is 6. The number of nitrogens with zero attached hydrogens (tertiary/aromatic N) is 1. The second-order valence-corrected chi connectivity index (χ2v) is 5.46. The molecule has 1 amide bonds. The molecule has 0 aliphatic carbocycles. The van der Waals surface area contributed by atoms with E-state index in [1.165, 1.54) is 27.4 Å². The zero-order valence-corrected chi connectivity index (χ0v) is 15.3. The van der Waals surface area contributed by atoms with Gasteiger partial charge in [-0.05, 0) is 30.3 Å². The van der Waals surface area contributed by atoms with Crippen molar-refractivity contribution >= 4 is 29.3 Å². The molecular formula is C19H17ClN2O4. The van der Waals surface area contributed by atoms with Crippen LogP contribution in [0.2, 0.25) is 5.02 Å². The maximum absolute atomic E-state index is 12.4. The van der Waals surface area contributed by atoms with Crippen molar-refractivity contribution in [2.45, 2.75) is 0 Å². The maximum atomic E-state index is 12.4. The molecule has 0 radical (unpaired) electrons. The lowest BCUT2D eigenvalue weighted by atomic mass is 10.1. The molecule has 0 saturated carbocycles. The zero-order chi connectivity index (χ0) is 19.1. The summed E-state index contributed by atoms with van der Waals surface area (Å²) in [6.45, 7) is 0. The topological polar surface area (TPSA) is 80.6 Å². The smallest absolute Gasteiger partial charge is 0.266 e. The van der Waals surface area contributed by atoms with Gasteiger partial charge in [0.05, 0.1) is 26.4 Å². The Hall–Kier alpha value is -3.17. The van der Waals surface area contributed by atoms with Gasteiger partial charge < -0.3 is 19.5 Å². The number of hydrogen-bond donors (Lipinski definition) is 1. The van der Waals surface area contributed by atoms with Gasteiger partial charge in [0.1, 0.15) is 17.4 Å². The van der Waals surface area contributed by atoms with Crippen LogP contribution >= 0.6 is 11.6 Å². The predicted octanol–water partition coefficient (Wildman–Crippen LogP) is 3.91. The third-order valence-corrected chi connectivity index (χ3v) is 3.80. The largest absolute Gasteiger partial charge is 0.495 e. The van der Waals surface area contributed by atoms with Crippen LogP contribution in [0.3, 0.4) is 0 Å². The summed E-state index contributed by atoms with van der Waals surface area (Å²) < 4.78 is 15.6. The Kier molecular flexibility index (Phi) is 6.48. The summed E-state index contributed by atoms with van der Waals surface area (Å²) in [5.41, 5.74) is 0.898. The Morgan fingerprint density at radius 1 is 1.12 bits per heavy atom. The van der Waals surface area contributed by atoms with Crippen LogP contribution in [0.4, 0.5) is 5.69 Å². The molecule has 0 unspecified atom stereocenters. The Balaban J connectivity index is 2.31. The molecule has 0 spiro atoms. The van der Waals surface area contributed by atoms with Gasteiger partial charge in [-0.3, -0.25) is 4.79 Å². The zero-order valence-electron chi connectivity index (χ0n) is 14.5. The molecule has 2 rings (SSSR count). The molecule has 26 heavy (non-hydrogen) atoms. The molecular weight excluding hydrogens is 356 g/mol. The molecule has 0 saturated heterocycles. The van der Waals surface area contributed by atoms with Crippen LogP contribution in [0, 0.1) is 11.3 Å². The number of ether oxygens (including phenoxy) is 3. The first-order valence-electron chi connectivity index (χ1n) is 7.51. The minimum absolute atomic E-state index is 0.0940. The summed E-state index contributed by atoms with van der Waals surface area (Å²) in [4.78, 5) is 12.4. The number of nitrogens with one attached hydrogen (secondary N) is 1. The minimum Gasteiger partial charge on any atom is -0.495 e. The van der Waals surface area contributed by atoms with E-state index in [-0.39, 0.29) is 5.57 Å². The van der Waals surface area contributed by atoms with Gasteiger partial charge in [-0.25, -0.2) is 0 Å². The molecule has 0 aliphatic rings. The van der Waals surface area contributed by atoms with E-state index >= 15 is 0 Å². The number of amides is 1. The summed E-state index contributed by atoms with van der Waals surface area (Å²) >= 11 is 6.04. The van der Waals surface area contributed by atoms with Crippen LogP contribution in [0.5, 0.6) is 17.2 Å². The Morgan fingerprint density at radius 2 is 1.85 bits per heavy atom. The molecule has 0 fully saturated rings. The van der Waals surface area contributed by atoms with Crippen LogP contribution in [-0.4, -0.2) is 27.2 Å². The molecule has 1 N–H and O–H groups in total. The lowest BCUT2D eigenvalue weighted by molar-refractivity contribution is -0.112. The monoisotopic (exact) mass is 372 g/mol. The van der Waals surface area contributed by atoms with Crippen LogP contribution in [0.15, 0.2) is 42.0 Å². The van der Waals surface area contributed by atoms with Crippen molar-refractivity contribution in [2.75, 3.05) is 26.6 Å². The van der Waals surface area contributed by atoms with Crippen molar-refractivity contribution in [3.8, 4) is 23.3 Å². The summed E-state index contributed by atoms with van der Waals surface area (Å²) in [6, 6.07) is 11.9. The first-order valence-corrected chi connectivity index (χ1v) is 7.89. The summed E-state index contributed by atoms with van der Waals surface area (Å²) in [6.07, 6.45) is 1.43. The molecule has 0 atom stereocenters. The van der Waals surface area contributed by atoms with E-state index in [1.807, 2.05) is 6.07 Å². The predicted molar refractivity (Wildman–Crippen MR) is 99.8 cm³/mol. The second-order valence-electron chi connectivity index (χ2n) is 5.06. The van der Waals surface area contributed by atoms with Crippen LogP contribution in [-0.2, 0) is 4.79 Å². The third-order valence-electron chi connectivity index (χ3n) is 3.51. The lowest BCUT2D eigenvalue weighted by Crippen LogP contribution is -2.13. The quantitative estimate of drug-likeness (QED) is 0.614. The van der Waals surface area contributed by atoms with Crippen molar-refractivity contribution in [3.63, 3.8) is 0 Å². The van der Waals surface area contributed by atoms with Gasteiger partial charge in [0.2, 0.25) is 0 Å². The van der Waals surface area contributed by atoms with Gasteiger partial charge in [0.25, 0.3) is 5.91 Å².